The molecular formula is C15H17BrFNOS. The van der Waals surface area contributed by atoms with Crippen LogP contribution in [0.2, 0.25) is 0 Å². The van der Waals surface area contributed by atoms with Gasteiger partial charge in [0.2, 0.25) is 0 Å². The molecule has 0 aliphatic heterocycles. The van der Waals surface area contributed by atoms with Crippen LogP contribution >= 0.6 is 27.3 Å². The molecule has 0 atom stereocenters. The molecule has 108 valence electrons. The quantitative estimate of drug-likeness (QED) is 0.714. The summed E-state index contributed by atoms with van der Waals surface area (Å²) in [5, 5.41) is 3.56. The highest BCUT2D eigenvalue weighted by Gasteiger charge is 2.17. The minimum Gasteiger partial charge on any atom is -0.486 e. The molecule has 1 aromatic heterocycles. The summed E-state index contributed by atoms with van der Waals surface area (Å²) >= 11 is 4.93. The predicted molar refractivity (Wildman–Crippen MR) is 84.2 cm³/mol. The fourth-order valence-electron chi connectivity index (χ4n) is 1.65. The number of alkyl halides is 1. The molecule has 1 aromatic carbocycles. The number of benzene rings is 1. The van der Waals surface area contributed by atoms with E-state index in [2.05, 4.69) is 47.1 Å². The van der Waals surface area contributed by atoms with Crippen molar-refractivity contribution in [2.75, 3.05) is 0 Å². The number of hydrogen-bond donors (Lipinski definition) is 0. The van der Waals surface area contributed by atoms with E-state index < -0.39 is 0 Å². The molecule has 0 saturated heterocycles. The standard InChI is InChI=1S/C15H17BrFNOS/c1-15(2,3)13-9-20-14(18-13)8-19-12-5-4-11(17)6-10(12)7-16/h4-6,9H,7-8H2,1-3H3. The van der Waals surface area contributed by atoms with Gasteiger partial charge in [0.05, 0.1) is 5.69 Å². The maximum atomic E-state index is 13.1. The average Bonchev–Trinajstić information content (AvgIpc) is 2.86. The zero-order valence-electron chi connectivity index (χ0n) is 11.7. The topological polar surface area (TPSA) is 22.1 Å². The SMILES string of the molecule is CC(C)(C)c1csc(COc2ccc(F)cc2CBr)n1. The lowest BCUT2D eigenvalue weighted by atomic mass is 9.93. The van der Waals surface area contributed by atoms with Crippen molar-refractivity contribution in [3.63, 3.8) is 0 Å². The van der Waals surface area contributed by atoms with Crippen LogP contribution in [0.1, 0.15) is 37.0 Å². The second kappa shape index (κ2) is 6.22. The highest BCUT2D eigenvalue weighted by molar-refractivity contribution is 9.08. The molecular weight excluding hydrogens is 341 g/mol. The molecule has 2 rings (SSSR count). The summed E-state index contributed by atoms with van der Waals surface area (Å²) in [6, 6.07) is 4.54. The van der Waals surface area contributed by atoms with Crippen molar-refractivity contribution < 1.29 is 9.13 Å². The van der Waals surface area contributed by atoms with Crippen LogP contribution in [-0.4, -0.2) is 4.98 Å². The maximum Gasteiger partial charge on any atom is 0.140 e. The van der Waals surface area contributed by atoms with E-state index in [-0.39, 0.29) is 11.2 Å². The molecule has 20 heavy (non-hydrogen) atoms. The Morgan fingerprint density at radius 1 is 1.35 bits per heavy atom. The number of thiazole rings is 1. The summed E-state index contributed by atoms with van der Waals surface area (Å²) in [4.78, 5) is 4.58. The van der Waals surface area contributed by atoms with Crippen molar-refractivity contribution in [3.05, 3.63) is 45.7 Å². The summed E-state index contributed by atoms with van der Waals surface area (Å²) in [5.41, 5.74) is 1.92. The van der Waals surface area contributed by atoms with Crippen LogP contribution in [0.4, 0.5) is 4.39 Å². The molecule has 2 nitrogen and oxygen atoms in total. The van der Waals surface area contributed by atoms with Gasteiger partial charge in [-0.25, -0.2) is 9.37 Å². The van der Waals surface area contributed by atoms with Crippen molar-refractivity contribution in [2.24, 2.45) is 0 Å². The maximum absolute atomic E-state index is 13.1. The Morgan fingerprint density at radius 3 is 2.70 bits per heavy atom. The zero-order valence-corrected chi connectivity index (χ0v) is 14.1. The largest absolute Gasteiger partial charge is 0.486 e. The van der Waals surface area contributed by atoms with Crippen molar-refractivity contribution in [3.8, 4) is 5.75 Å². The first-order valence-electron chi connectivity index (χ1n) is 6.32. The average molecular weight is 358 g/mol. The first-order chi connectivity index (χ1) is 9.40. The van der Waals surface area contributed by atoms with E-state index in [0.29, 0.717) is 17.7 Å². The molecule has 5 heteroatoms. The minimum atomic E-state index is -0.254. The van der Waals surface area contributed by atoms with Gasteiger partial charge < -0.3 is 4.74 Å². The van der Waals surface area contributed by atoms with Gasteiger partial charge in [-0.15, -0.1) is 11.3 Å². The van der Waals surface area contributed by atoms with Crippen LogP contribution in [0.3, 0.4) is 0 Å². The van der Waals surface area contributed by atoms with Gasteiger partial charge in [0, 0.05) is 21.7 Å². The van der Waals surface area contributed by atoms with E-state index in [9.17, 15) is 4.39 Å². The normalized spacial score (nSPS) is 11.7. The zero-order chi connectivity index (χ0) is 14.8. The van der Waals surface area contributed by atoms with Crippen molar-refractivity contribution >= 4 is 27.3 Å². The van der Waals surface area contributed by atoms with E-state index in [1.54, 1.807) is 17.4 Å². The second-order valence-electron chi connectivity index (χ2n) is 5.55. The lowest BCUT2D eigenvalue weighted by Gasteiger charge is -2.14. The van der Waals surface area contributed by atoms with E-state index in [1.165, 1.54) is 12.1 Å². The lowest BCUT2D eigenvalue weighted by molar-refractivity contribution is 0.302. The van der Waals surface area contributed by atoms with E-state index in [0.717, 1.165) is 16.3 Å². The molecule has 0 N–H and O–H groups in total. The van der Waals surface area contributed by atoms with Crippen LogP contribution in [-0.2, 0) is 17.4 Å². The number of nitrogens with zero attached hydrogens (tertiary/aromatic N) is 1. The Kier molecular flexibility index (Phi) is 4.81. The highest BCUT2D eigenvalue weighted by Crippen LogP contribution is 2.26. The molecule has 0 spiro atoms. The van der Waals surface area contributed by atoms with Crippen LogP contribution in [0.25, 0.3) is 0 Å². The van der Waals surface area contributed by atoms with Crippen molar-refractivity contribution in [2.45, 2.75) is 38.1 Å². The van der Waals surface area contributed by atoms with Gasteiger partial charge in [0.25, 0.3) is 0 Å². The molecule has 0 saturated carbocycles. The Labute approximate surface area is 131 Å². The van der Waals surface area contributed by atoms with Crippen LogP contribution in [0, 0.1) is 5.82 Å². The van der Waals surface area contributed by atoms with E-state index in [1.807, 2.05) is 0 Å². The Balaban J connectivity index is 2.07. The summed E-state index contributed by atoms with van der Waals surface area (Å²) in [6.07, 6.45) is 0. The number of hydrogen-bond acceptors (Lipinski definition) is 3. The van der Waals surface area contributed by atoms with Gasteiger partial charge in [-0.3, -0.25) is 0 Å². The minimum absolute atomic E-state index is 0.0473. The van der Waals surface area contributed by atoms with Crippen LogP contribution in [0.5, 0.6) is 5.75 Å². The lowest BCUT2D eigenvalue weighted by Crippen LogP contribution is -2.11. The number of ether oxygens (including phenoxy) is 1. The third-order valence-corrected chi connectivity index (χ3v) is 4.26. The van der Waals surface area contributed by atoms with Gasteiger partial charge in [-0.1, -0.05) is 36.7 Å². The number of halogens is 2. The Hall–Kier alpha value is -0.940. The third kappa shape index (κ3) is 3.79. The second-order valence-corrected chi connectivity index (χ2v) is 7.05. The van der Waals surface area contributed by atoms with Crippen molar-refractivity contribution in [1.29, 1.82) is 0 Å². The number of aromatic nitrogens is 1. The molecule has 0 radical (unpaired) electrons. The summed E-state index contributed by atoms with van der Waals surface area (Å²) < 4.78 is 18.9. The molecule has 0 aliphatic carbocycles. The highest BCUT2D eigenvalue weighted by atomic mass is 79.9. The van der Waals surface area contributed by atoms with E-state index >= 15 is 0 Å². The Bertz CT molecular complexity index is 592. The first kappa shape index (κ1) is 15.4. The summed E-state index contributed by atoms with van der Waals surface area (Å²) in [5.74, 6) is 0.437. The smallest absolute Gasteiger partial charge is 0.140 e. The van der Waals surface area contributed by atoms with E-state index in [4.69, 9.17) is 4.74 Å². The van der Waals surface area contributed by atoms with Gasteiger partial charge in [0.1, 0.15) is 23.2 Å². The fraction of sp³-hybridized carbons (Fsp3) is 0.400. The predicted octanol–water partition coefficient (Wildman–Crippen LogP) is 5.05. The molecule has 0 amide bonds. The molecule has 0 bridgehead atoms. The number of rotatable bonds is 4. The van der Waals surface area contributed by atoms with Crippen molar-refractivity contribution in [1.82, 2.24) is 4.98 Å². The molecule has 0 aliphatic rings. The van der Waals surface area contributed by atoms with Crippen LogP contribution in [0.15, 0.2) is 23.6 Å². The Morgan fingerprint density at radius 2 is 2.10 bits per heavy atom. The molecule has 2 aromatic rings. The van der Waals surface area contributed by atoms with Crippen LogP contribution < -0.4 is 4.74 Å². The third-order valence-electron chi connectivity index (χ3n) is 2.84. The van der Waals surface area contributed by atoms with Gasteiger partial charge >= 0.3 is 0 Å². The molecule has 0 unspecified atom stereocenters. The van der Waals surface area contributed by atoms with Gasteiger partial charge in [-0.05, 0) is 18.2 Å². The summed E-state index contributed by atoms with van der Waals surface area (Å²) in [7, 11) is 0. The van der Waals surface area contributed by atoms with Gasteiger partial charge in [0.15, 0.2) is 0 Å². The first-order valence-corrected chi connectivity index (χ1v) is 8.32. The van der Waals surface area contributed by atoms with Gasteiger partial charge in [-0.2, -0.15) is 0 Å². The monoisotopic (exact) mass is 357 g/mol. The fourth-order valence-corrected chi connectivity index (χ4v) is 3.02. The molecule has 1 heterocycles. The molecule has 0 fully saturated rings. The summed E-state index contributed by atoms with van der Waals surface area (Å²) in [6.45, 7) is 6.81.